The van der Waals surface area contributed by atoms with E-state index in [0.29, 0.717) is 15.6 Å². The van der Waals surface area contributed by atoms with Crippen LogP contribution in [0.25, 0.3) is 10.6 Å². The molecule has 0 bridgehead atoms. The number of benzene rings is 1. The normalized spacial score (nSPS) is 10.4. The lowest BCUT2D eigenvalue weighted by molar-refractivity contribution is 0.102. The summed E-state index contributed by atoms with van der Waals surface area (Å²) in [5, 5.41) is 1.38. The Labute approximate surface area is 114 Å². The van der Waals surface area contributed by atoms with E-state index in [1.807, 2.05) is 13.0 Å². The Morgan fingerprint density at radius 1 is 1.44 bits per heavy atom. The van der Waals surface area contributed by atoms with Gasteiger partial charge >= 0.3 is 0 Å². The number of thiazole rings is 1. The number of ether oxygens (including phenoxy) is 1. The molecule has 1 aromatic heterocycles. The van der Waals surface area contributed by atoms with Crippen LogP contribution >= 0.6 is 22.9 Å². The van der Waals surface area contributed by atoms with E-state index in [-0.39, 0.29) is 5.78 Å². The highest BCUT2D eigenvalue weighted by atomic mass is 35.5. The van der Waals surface area contributed by atoms with E-state index in [9.17, 15) is 4.79 Å². The zero-order chi connectivity index (χ0) is 13.3. The van der Waals surface area contributed by atoms with Crippen molar-refractivity contribution in [1.29, 1.82) is 0 Å². The number of methoxy groups -OCH3 is 1. The van der Waals surface area contributed by atoms with Gasteiger partial charge in [-0.15, -0.1) is 11.3 Å². The van der Waals surface area contributed by atoms with Crippen LogP contribution in [-0.4, -0.2) is 17.9 Å². The Kier molecular flexibility index (Phi) is 3.68. The van der Waals surface area contributed by atoms with Crippen molar-refractivity contribution >= 4 is 28.7 Å². The minimum atomic E-state index is 0.0316. The molecule has 1 heterocycles. The van der Waals surface area contributed by atoms with E-state index in [1.54, 1.807) is 26.2 Å². The quantitative estimate of drug-likeness (QED) is 0.799. The zero-order valence-corrected chi connectivity index (χ0v) is 11.9. The lowest BCUT2D eigenvalue weighted by Gasteiger charge is -2.05. The largest absolute Gasteiger partial charge is 0.496 e. The summed E-state index contributed by atoms with van der Waals surface area (Å²) >= 11 is 7.29. The van der Waals surface area contributed by atoms with Crippen molar-refractivity contribution in [1.82, 2.24) is 4.98 Å². The average Bonchev–Trinajstić information content (AvgIpc) is 2.71. The van der Waals surface area contributed by atoms with Gasteiger partial charge in [0.25, 0.3) is 0 Å². The van der Waals surface area contributed by atoms with E-state index >= 15 is 0 Å². The Bertz CT molecular complexity index is 607. The van der Waals surface area contributed by atoms with Crippen LogP contribution in [0, 0.1) is 6.92 Å². The van der Waals surface area contributed by atoms with E-state index in [1.165, 1.54) is 11.3 Å². The molecule has 5 heteroatoms. The number of aromatic nitrogens is 1. The topological polar surface area (TPSA) is 39.2 Å². The van der Waals surface area contributed by atoms with Gasteiger partial charge in [-0.05, 0) is 25.1 Å². The Balaban J connectivity index is 2.55. The van der Waals surface area contributed by atoms with E-state index in [2.05, 4.69) is 4.98 Å². The molecule has 94 valence electrons. The van der Waals surface area contributed by atoms with Gasteiger partial charge in [0.05, 0.1) is 23.2 Å². The Hall–Kier alpha value is -1.39. The first-order valence-electron chi connectivity index (χ1n) is 5.35. The van der Waals surface area contributed by atoms with Crippen LogP contribution in [0.1, 0.15) is 22.3 Å². The second-order valence-corrected chi connectivity index (χ2v) is 5.27. The predicted octanol–water partition coefficient (Wildman–Crippen LogP) is 3.98. The second-order valence-electron chi connectivity index (χ2n) is 3.83. The summed E-state index contributed by atoms with van der Waals surface area (Å²) in [5.74, 6) is 0.690. The number of halogens is 1. The summed E-state index contributed by atoms with van der Waals surface area (Å²) in [4.78, 5) is 16.5. The minimum absolute atomic E-state index is 0.0316. The number of rotatable bonds is 3. The maximum atomic E-state index is 11.4. The first-order valence-corrected chi connectivity index (χ1v) is 6.54. The number of nitrogens with zero attached hydrogens (tertiary/aromatic N) is 1. The maximum absolute atomic E-state index is 11.4. The highest BCUT2D eigenvalue weighted by Crippen LogP contribution is 2.36. The highest BCUT2D eigenvalue weighted by Gasteiger charge is 2.15. The molecule has 2 rings (SSSR count). The fourth-order valence-corrected chi connectivity index (χ4v) is 2.83. The molecule has 1 aromatic carbocycles. The van der Waals surface area contributed by atoms with Crippen molar-refractivity contribution in [2.75, 3.05) is 7.11 Å². The molecule has 0 saturated carbocycles. The molecule has 0 aliphatic carbocycles. The van der Waals surface area contributed by atoms with Gasteiger partial charge in [-0.1, -0.05) is 11.6 Å². The molecule has 0 atom stereocenters. The van der Waals surface area contributed by atoms with Crippen LogP contribution in [0.5, 0.6) is 5.75 Å². The molecule has 0 fully saturated rings. The SMILES string of the molecule is COc1cc(Cl)ccc1-c1nc(C)c(C(C)=O)s1. The molecule has 0 saturated heterocycles. The van der Waals surface area contributed by atoms with E-state index in [0.717, 1.165) is 16.3 Å². The van der Waals surface area contributed by atoms with Crippen LogP contribution in [-0.2, 0) is 0 Å². The number of Topliss-reactive ketones (excluding diaryl/α,β-unsaturated/α-hetero) is 1. The third-order valence-corrected chi connectivity index (χ3v) is 4.04. The third-order valence-electron chi connectivity index (χ3n) is 2.51. The first-order chi connectivity index (χ1) is 8.52. The fourth-order valence-electron chi connectivity index (χ4n) is 1.68. The maximum Gasteiger partial charge on any atom is 0.171 e. The van der Waals surface area contributed by atoms with E-state index in [4.69, 9.17) is 16.3 Å². The van der Waals surface area contributed by atoms with Gasteiger partial charge < -0.3 is 4.74 Å². The Morgan fingerprint density at radius 3 is 2.72 bits per heavy atom. The monoisotopic (exact) mass is 281 g/mol. The van der Waals surface area contributed by atoms with Gasteiger partial charge in [0.2, 0.25) is 0 Å². The van der Waals surface area contributed by atoms with E-state index < -0.39 is 0 Å². The van der Waals surface area contributed by atoms with Crippen molar-refractivity contribution in [3.8, 4) is 16.3 Å². The van der Waals surface area contributed by atoms with Crippen molar-refractivity contribution in [2.45, 2.75) is 13.8 Å². The van der Waals surface area contributed by atoms with Gasteiger partial charge in [-0.2, -0.15) is 0 Å². The van der Waals surface area contributed by atoms with Crippen molar-refractivity contribution < 1.29 is 9.53 Å². The second kappa shape index (κ2) is 5.08. The summed E-state index contributed by atoms with van der Waals surface area (Å²) in [6.45, 7) is 3.38. The van der Waals surface area contributed by atoms with Gasteiger partial charge in [0, 0.05) is 11.9 Å². The summed E-state index contributed by atoms with van der Waals surface area (Å²) in [5.41, 5.74) is 1.60. The van der Waals surface area contributed by atoms with Crippen LogP contribution in [0.15, 0.2) is 18.2 Å². The average molecular weight is 282 g/mol. The molecule has 2 aromatic rings. The lowest BCUT2D eigenvalue weighted by atomic mass is 10.2. The molecule has 0 amide bonds. The van der Waals surface area contributed by atoms with Gasteiger partial charge in [0.15, 0.2) is 5.78 Å². The summed E-state index contributed by atoms with van der Waals surface area (Å²) < 4.78 is 5.29. The number of carbonyl (C=O) groups is 1. The number of hydrogen-bond acceptors (Lipinski definition) is 4. The molecule has 0 N–H and O–H groups in total. The first kappa shape index (κ1) is 13.1. The molecular formula is C13H12ClNO2S. The minimum Gasteiger partial charge on any atom is -0.496 e. The van der Waals surface area contributed by atoms with Crippen molar-refractivity contribution in [2.24, 2.45) is 0 Å². The lowest BCUT2D eigenvalue weighted by Crippen LogP contribution is -1.89. The van der Waals surface area contributed by atoms with Crippen molar-refractivity contribution in [3.05, 3.63) is 33.8 Å². The molecular weight excluding hydrogens is 270 g/mol. The summed E-state index contributed by atoms with van der Waals surface area (Å²) in [7, 11) is 1.58. The molecule has 0 unspecified atom stereocenters. The van der Waals surface area contributed by atoms with Crippen LogP contribution < -0.4 is 4.74 Å². The number of aryl methyl sites for hydroxylation is 1. The van der Waals surface area contributed by atoms with Crippen molar-refractivity contribution in [3.63, 3.8) is 0 Å². The fraction of sp³-hybridized carbons (Fsp3) is 0.231. The Morgan fingerprint density at radius 2 is 2.17 bits per heavy atom. The zero-order valence-electron chi connectivity index (χ0n) is 10.3. The number of ketones is 1. The molecule has 0 aliphatic rings. The van der Waals surface area contributed by atoms with Crippen LogP contribution in [0.4, 0.5) is 0 Å². The molecule has 0 aliphatic heterocycles. The molecule has 3 nitrogen and oxygen atoms in total. The van der Waals surface area contributed by atoms with Gasteiger partial charge in [-0.25, -0.2) is 4.98 Å². The van der Waals surface area contributed by atoms with Crippen LogP contribution in [0.2, 0.25) is 5.02 Å². The summed E-state index contributed by atoms with van der Waals surface area (Å²) in [6, 6.07) is 5.37. The summed E-state index contributed by atoms with van der Waals surface area (Å²) in [6.07, 6.45) is 0. The number of hydrogen-bond donors (Lipinski definition) is 0. The smallest absolute Gasteiger partial charge is 0.171 e. The third kappa shape index (κ3) is 2.40. The standard InChI is InChI=1S/C13H12ClNO2S/c1-7-12(8(2)16)18-13(15-7)10-5-4-9(14)6-11(10)17-3/h4-6H,1-3H3. The number of carbonyl (C=O) groups excluding carboxylic acids is 1. The van der Waals surface area contributed by atoms with Gasteiger partial charge in [0.1, 0.15) is 10.8 Å². The molecule has 18 heavy (non-hydrogen) atoms. The molecule has 0 spiro atoms. The predicted molar refractivity (Wildman–Crippen MR) is 73.9 cm³/mol. The molecule has 0 radical (unpaired) electrons. The highest BCUT2D eigenvalue weighted by molar-refractivity contribution is 7.17. The van der Waals surface area contributed by atoms with Gasteiger partial charge in [-0.3, -0.25) is 4.79 Å². The van der Waals surface area contributed by atoms with Crippen LogP contribution in [0.3, 0.4) is 0 Å².